The molecule has 1 N–H and O–H groups in total. The maximum Gasteiger partial charge on any atom is 0.265 e. The highest BCUT2D eigenvalue weighted by Gasteiger charge is 2.21. The van der Waals surface area contributed by atoms with E-state index in [1.54, 1.807) is 18.2 Å². The molecule has 4 rings (SSSR count). The summed E-state index contributed by atoms with van der Waals surface area (Å²) in [6, 6.07) is 18.2. The number of para-hydroxylation sites is 1. The molecule has 130 valence electrons. The minimum Gasteiger partial charge on any atom is -0.442 e. The van der Waals surface area contributed by atoms with Gasteiger partial charge in [0, 0.05) is 0 Å². The number of nitrogens with one attached hydrogen (secondary N) is 1. The fraction of sp³-hybridized carbons (Fsp3) is 0. The Kier molecular flexibility index (Phi) is 3.93. The van der Waals surface area contributed by atoms with Crippen molar-refractivity contribution in [3.05, 3.63) is 78.9 Å². The summed E-state index contributed by atoms with van der Waals surface area (Å²) in [7, 11) is -4.03. The number of anilines is 1. The summed E-state index contributed by atoms with van der Waals surface area (Å²) in [5.74, 6) is -0.667. The van der Waals surface area contributed by atoms with E-state index in [2.05, 4.69) is 9.71 Å². The first-order chi connectivity index (χ1) is 12.5. The third-order valence-electron chi connectivity index (χ3n) is 3.93. The number of sulfonamides is 1. The van der Waals surface area contributed by atoms with Gasteiger partial charge in [0.2, 0.25) is 0 Å². The Hall–Kier alpha value is -3.19. The maximum atomic E-state index is 14.5. The zero-order valence-electron chi connectivity index (χ0n) is 13.4. The molecule has 3 aromatic carbocycles. The van der Waals surface area contributed by atoms with E-state index in [1.165, 1.54) is 24.6 Å². The third-order valence-corrected chi connectivity index (χ3v) is 5.32. The Morgan fingerprint density at radius 1 is 0.923 bits per heavy atom. The lowest BCUT2D eigenvalue weighted by molar-refractivity contribution is 0.581. The van der Waals surface area contributed by atoms with Crippen molar-refractivity contribution in [2.24, 2.45) is 0 Å². The molecule has 0 aliphatic heterocycles. The number of hydrogen-bond donors (Lipinski definition) is 1. The van der Waals surface area contributed by atoms with Crippen molar-refractivity contribution < 1.29 is 17.2 Å². The first-order valence-corrected chi connectivity index (χ1v) is 9.23. The Morgan fingerprint density at radius 2 is 1.73 bits per heavy atom. The van der Waals surface area contributed by atoms with E-state index in [-0.39, 0.29) is 16.2 Å². The van der Waals surface area contributed by atoms with Crippen LogP contribution in [-0.4, -0.2) is 13.4 Å². The summed E-state index contributed by atoms with van der Waals surface area (Å²) in [6.07, 6.45) is 1.17. The van der Waals surface area contributed by atoms with E-state index in [1.807, 2.05) is 30.3 Å². The predicted molar refractivity (Wildman–Crippen MR) is 96.7 cm³/mol. The number of benzene rings is 3. The lowest BCUT2D eigenvalue weighted by Crippen LogP contribution is -2.14. The lowest BCUT2D eigenvalue weighted by atomic mass is 10.1. The van der Waals surface area contributed by atoms with Crippen molar-refractivity contribution in [2.75, 3.05) is 4.72 Å². The van der Waals surface area contributed by atoms with E-state index in [4.69, 9.17) is 4.42 Å². The van der Waals surface area contributed by atoms with Gasteiger partial charge in [-0.2, -0.15) is 0 Å². The first-order valence-electron chi connectivity index (χ1n) is 7.74. The Morgan fingerprint density at radius 3 is 2.50 bits per heavy atom. The minimum absolute atomic E-state index is 0.0981. The molecule has 0 saturated heterocycles. The molecule has 4 aromatic rings. The van der Waals surface area contributed by atoms with E-state index in [0.29, 0.717) is 11.1 Å². The van der Waals surface area contributed by atoms with Crippen LogP contribution in [0.25, 0.3) is 22.2 Å². The molecular weight excluding hydrogens is 355 g/mol. The molecule has 5 nitrogen and oxygen atoms in total. The molecule has 0 aliphatic rings. The first kappa shape index (κ1) is 16.3. The van der Waals surface area contributed by atoms with Gasteiger partial charge in [0.25, 0.3) is 10.0 Å². The number of rotatable bonds is 4. The van der Waals surface area contributed by atoms with Crippen LogP contribution in [0.2, 0.25) is 0 Å². The molecule has 0 fully saturated rings. The second kappa shape index (κ2) is 6.27. The summed E-state index contributed by atoms with van der Waals surface area (Å²) in [5.41, 5.74) is 1.89. The Balaban J connectivity index is 1.70. The molecular formula is C19H13FN2O3S. The second-order valence-corrected chi connectivity index (χ2v) is 7.27. The molecule has 0 bridgehead atoms. The van der Waals surface area contributed by atoms with Crippen molar-refractivity contribution in [3.63, 3.8) is 0 Å². The fourth-order valence-electron chi connectivity index (χ4n) is 2.68. The minimum atomic E-state index is -4.03. The quantitative estimate of drug-likeness (QED) is 0.578. The molecule has 26 heavy (non-hydrogen) atoms. The van der Waals surface area contributed by atoms with Gasteiger partial charge in [0.15, 0.2) is 12.0 Å². The van der Waals surface area contributed by atoms with E-state index < -0.39 is 15.8 Å². The summed E-state index contributed by atoms with van der Waals surface area (Å²) in [6.45, 7) is 0. The second-order valence-electron chi connectivity index (χ2n) is 5.62. The van der Waals surface area contributed by atoms with Crippen molar-refractivity contribution >= 4 is 26.8 Å². The third kappa shape index (κ3) is 2.93. The predicted octanol–water partition coefficient (Wildman–Crippen LogP) is 4.43. The highest BCUT2D eigenvalue weighted by Crippen LogP contribution is 2.28. The molecule has 1 heterocycles. The largest absolute Gasteiger partial charge is 0.442 e. The Bertz CT molecular complexity index is 1190. The van der Waals surface area contributed by atoms with Gasteiger partial charge >= 0.3 is 0 Å². The molecule has 1 aromatic heterocycles. The number of hydrogen-bond acceptors (Lipinski definition) is 4. The SMILES string of the molecule is O=S(=O)(Nc1ccc(-c2ccccc2)cc1F)c1cccc2ncoc12. The molecule has 0 saturated carbocycles. The van der Waals surface area contributed by atoms with Crippen LogP contribution in [0.1, 0.15) is 0 Å². The van der Waals surface area contributed by atoms with Crippen LogP contribution >= 0.6 is 0 Å². The number of aromatic nitrogens is 1. The van der Waals surface area contributed by atoms with Gasteiger partial charge in [-0.25, -0.2) is 17.8 Å². The number of nitrogens with zero attached hydrogens (tertiary/aromatic N) is 1. The highest BCUT2D eigenvalue weighted by molar-refractivity contribution is 7.93. The number of fused-ring (bicyclic) bond motifs is 1. The summed E-state index contributed by atoms with van der Waals surface area (Å²) in [5, 5.41) is 0. The molecule has 0 atom stereocenters. The van der Waals surface area contributed by atoms with Crippen molar-refractivity contribution in [1.29, 1.82) is 0 Å². The summed E-state index contributed by atoms with van der Waals surface area (Å²) >= 11 is 0. The van der Waals surface area contributed by atoms with Gasteiger partial charge in [-0.05, 0) is 35.4 Å². The molecule has 0 radical (unpaired) electrons. The van der Waals surface area contributed by atoms with Gasteiger partial charge < -0.3 is 4.42 Å². The smallest absolute Gasteiger partial charge is 0.265 e. The van der Waals surface area contributed by atoms with Crippen LogP contribution in [0.5, 0.6) is 0 Å². The molecule has 0 aliphatic carbocycles. The van der Waals surface area contributed by atoms with Crippen LogP contribution in [-0.2, 0) is 10.0 Å². The van der Waals surface area contributed by atoms with Crippen LogP contribution in [0, 0.1) is 5.82 Å². The topological polar surface area (TPSA) is 72.2 Å². The van der Waals surface area contributed by atoms with Crippen molar-refractivity contribution in [1.82, 2.24) is 4.98 Å². The lowest BCUT2D eigenvalue weighted by Gasteiger charge is -2.10. The van der Waals surface area contributed by atoms with Crippen LogP contribution in [0.4, 0.5) is 10.1 Å². The Labute approximate surface area is 149 Å². The van der Waals surface area contributed by atoms with Crippen molar-refractivity contribution in [3.8, 4) is 11.1 Å². The van der Waals surface area contributed by atoms with E-state index in [0.717, 1.165) is 5.56 Å². The van der Waals surface area contributed by atoms with Crippen molar-refractivity contribution in [2.45, 2.75) is 4.90 Å². The van der Waals surface area contributed by atoms with Gasteiger partial charge in [0.05, 0.1) is 5.69 Å². The molecule has 0 unspecified atom stereocenters. The maximum absolute atomic E-state index is 14.5. The monoisotopic (exact) mass is 368 g/mol. The summed E-state index contributed by atoms with van der Waals surface area (Å²) in [4.78, 5) is 3.83. The molecule has 7 heteroatoms. The average molecular weight is 368 g/mol. The fourth-order valence-corrected chi connectivity index (χ4v) is 3.90. The number of halogens is 1. The summed E-state index contributed by atoms with van der Waals surface area (Å²) < 4.78 is 47.2. The van der Waals surface area contributed by atoms with Crippen LogP contribution < -0.4 is 4.72 Å². The van der Waals surface area contributed by atoms with E-state index in [9.17, 15) is 12.8 Å². The van der Waals surface area contributed by atoms with Gasteiger partial charge in [0.1, 0.15) is 16.2 Å². The zero-order valence-corrected chi connectivity index (χ0v) is 14.2. The number of oxazole rings is 1. The molecule has 0 amide bonds. The highest BCUT2D eigenvalue weighted by atomic mass is 32.2. The van der Waals surface area contributed by atoms with Gasteiger partial charge in [-0.3, -0.25) is 4.72 Å². The normalized spacial score (nSPS) is 11.6. The van der Waals surface area contributed by atoms with Crippen LogP contribution in [0.15, 0.2) is 82.4 Å². The van der Waals surface area contributed by atoms with E-state index >= 15 is 0 Å². The van der Waals surface area contributed by atoms with Crippen LogP contribution in [0.3, 0.4) is 0 Å². The zero-order chi connectivity index (χ0) is 18.1. The average Bonchev–Trinajstić information content (AvgIpc) is 3.12. The van der Waals surface area contributed by atoms with Gasteiger partial charge in [-0.1, -0.05) is 42.5 Å². The molecule has 0 spiro atoms. The standard InChI is InChI=1S/C19H13FN2O3S/c20-15-11-14(13-5-2-1-3-6-13)9-10-16(15)22-26(23,24)18-8-4-7-17-19(18)25-12-21-17/h1-12,22H. The van der Waals surface area contributed by atoms with Gasteiger partial charge in [-0.15, -0.1) is 0 Å².